The number of ether oxygens (including phenoxy) is 1. The first-order chi connectivity index (χ1) is 13.5. The van der Waals surface area contributed by atoms with Gasteiger partial charge in [0.05, 0.1) is 5.60 Å². The zero-order valence-corrected chi connectivity index (χ0v) is 17.6. The van der Waals surface area contributed by atoms with E-state index in [9.17, 15) is 24.6 Å². The molecule has 2 N–H and O–H groups in total. The minimum Gasteiger partial charge on any atom is -0.463 e. The number of fused-ring (bicyclic) bond motifs is 5. The van der Waals surface area contributed by atoms with Crippen LogP contribution in [0.1, 0.15) is 65.7 Å². The lowest BCUT2D eigenvalue weighted by Gasteiger charge is -2.58. The molecule has 3 fully saturated rings. The van der Waals surface area contributed by atoms with Gasteiger partial charge in [-0.1, -0.05) is 19.4 Å². The Labute approximate surface area is 171 Å². The van der Waals surface area contributed by atoms with Crippen molar-refractivity contribution in [2.75, 3.05) is 6.61 Å². The lowest BCUT2D eigenvalue weighted by atomic mass is 9.45. The second kappa shape index (κ2) is 6.74. The maximum atomic E-state index is 13.5. The molecule has 0 aromatic carbocycles. The van der Waals surface area contributed by atoms with E-state index in [-0.39, 0.29) is 47.8 Å². The molecule has 0 bridgehead atoms. The molecule has 0 aromatic heterocycles. The van der Waals surface area contributed by atoms with Crippen molar-refractivity contribution in [3.8, 4) is 0 Å². The standard InChI is InChI=1S/C23H32O6/c1-13(24)29-12-19(27)23(28)9-7-17-16-5-4-14-10-15(25)6-8-21(14,2)20(16)18(26)11-22(17,23)3/h10,16-17,19-20,27-28H,4-9,11-12H2,1-3H3/t16-,17-,19+,20+,21+,22-,23-/m1/s1. The summed E-state index contributed by atoms with van der Waals surface area (Å²) in [7, 11) is 0. The Kier molecular flexibility index (Phi) is 4.82. The van der Waals surface area contributed by atoms with Gasteiger partial charge in [-0.15, -0.1) is 0 Å². The largest absolute Gasteiger partial charge is 0.463 e. The Balaban J connectivity index is 1.66. The number of rotatable bonds is 3. The fraction of sp³-hybridized carbons (Fsp3) is 0.783. The highest BCUT2D eigenvalue weighted by atomic mass is 16.5. The molecule has 4 aliphatic carbocycles. The van der Waals surface area contributed by atoms with Crippen LogP contribution in [0.2, 0.25) is 0 Å². The molecule has 0 heterocycles. The van der Waals surface area contributed by atoms with E-state index in [4.69, 9.17) is 4.74 Å². The summed E-state index contributed by atoms with van der Waals surface area (Å²) in [5.41, 5.74) is -1.35. The number of ketones is 2. The third-order valence-electron chi connectivity index (χ3n) is 8.87. The predicted octanol–water partition coefficient (Wildman–Crippen LogP) is 2.35. The molecule has 0 unspecified atom stereocenters. The fourth-order valence-corrected chi connectivity index (χ4v) is 7.30. The van der Waals surface area contributed by atoms with Crippen molar-refractivity contribution >= 4 is 17.5 Å². The van der Waals surface area contributed by atoms with Crippen LogP contribution >= 0.6 is 0 Å². The van der Waals surface area contributed by atoms with E-state index < -0.39 is 23.1 Å². The van der Waals surface area contributed by atoms with Gasteiger partial charge < -0.3 is 14.9 Å². The lowest BCUT2D eigenvalue weighted by Crippen LogP contribution is -2.62. The first-order valence-corrected chi connectivity index (χ1v) is 10.8. The lowest BCUT2D eigenvalue weighted by molar-refractivity contribution is -0.192. The molecule has 4 rings (SSSR count). The molecule has 0 amide bonds. The van der Waals surface area contributed by atoms with Crippen molar-refractivity contribution < 1.29 is 29.3 Å². The van der Waals surface area contributed by atoms with Crippen LogP contribution in [0.5, 0.6) is 0 Å². The molecule has 0 spiro atoms. The SMILES string of the molecule is CC(=O)OC[C@H](O)[C@]1(O)CC[C@@H]2[C@H]3CCC4=CC(=O)CC[C@]4(C)[C@@H]3C(=O)C[C@]21C. The molecular weight excluding hydrogens is 372 g/mol. The maximum absolute atomic E-state index is 13.5. The molecule has 29 heavy (non-hydrogen) atoms. The van der Waals surface area contributed by atoms with Gasteiger partial charge in [0.15, 0.2) is 5.78 Å². The minimum absolute atomic E-state index is 0.123. The zero-order valence-electron chi connectivity index (χ0n) is 17.6. The van der Waals surface area contributed by atoms with E-state index in [1.54, 1.807) is 6.08 Å². The van der Waals surface area contributed by atoms with Gasteiger partial charge in [-0.2, -0.15) is 0 Å². The van der Waals surface area contributed by atoms with Gasteiger partial charge in [0.25, 0.3) is 0 Å². The first kappa shape index (κ1) is 20.7. The van der Waals surface area contributed by atoms with Crippen molar-refractivity contribution in [3.63, 3.8) is 0 Å². The maximum Gasteiger partial charge on any atom is 0.302 e. The fourth-order valence-electron chi connectivity index (χ4n) is 7.30. The average molecular weight is 405 g/mol. The Bertz CT molecular complexity index is 786. The number of carbonyl (C=O) groups excluding carboxylic acids is 3. The van der Waals surface area contributed by atoms with Crippen LogP contribution < -0.4 is 0 Å². The van der Waals surface area contributed by atoms with Crippen molar-refractivity contribution in [3.05, 3.63) is 11.6 Å². The Hall–Kier alpha value is -1.53. The summed E-state index contributed by atoms with van der Waals surface area (Å²) in [4.78, 5) is 36.6. The number of hydrogen-bond acceptors (Lipinski definition) is 6. The first-order valence-electron chi connectivity index (χ1n) is 10.8. The Morgan fingerprint density at radius 2 is 1.97 bits per heavy atom. The van der Waals surface area contributed by atoms with Gasteiger partial charge in [0.2, 0.25) is 0 Å². The normalized spacial score (nSPS) is 45.0. The number of Topliss-reactive ketones (excluding diaryl/α,β-unsaturated/α-hetero) is 1. The highest BCUT2D eigenvalue weighted by Gasteiger charge is 2.68. The summed E-state index contributed by atoms with van der Waals surface area (Å²) < 4.78 is 4.96. The van der Waals surface area contributed by atoms with E-state index in [1.807, 2.05) is 6.92 Å². The molecule has 3 saturated carbocycles. The predicted molar refractivity (Wildman–Crippen MR) is 105 cm³/mol. The molecule has 6 nitrogen and oxygen atoms in total. The summed E-state index contributed by atoms with van der Waals surface area (Å²) in [5, 5.41) is 22.2. The van der Waals surface area contributed by atoms with Gasteiger partial charge in [-0.05, 0) is 55.4 Å². The van der Waals surface area contributed by atoms with Crippen LogP contribution in [0, 0.1) is 28.6 Å². The minimum atomic E-state index is -1.45. The third kappa shape index (κ3) is 2.86. The molecule has 0 aromatic rings. The van der Waals surface area contributed by atoms with Crippen LogP contribution in [-0.4, -0.2) is 46.1 Å². The van der Waals surface area contributed by atoms with E-state index in [2.05, 4.69) is 6.92 Å². The van der Waals surface area contributed by atoms with Crippen molar-refractivity contribution in [1.82, 2.24) is 0 Å². The Morgan fingerprint density at radius 3 is 2.66 bits per heavy atom. The molecule has 6 heteroatoms. The van der Waals surface area contributed by atoms with Crippen LogP contribution in [0.3, 0.4) is 0 Å². The molecule has 0 saturated heterocycles. The number of esters is 1. The molecule has 0 radical (unpaired) electrons. The van der Waals surface area contributed by atoms with E-state index >= 15 is 0 Å². The summed E-state index contributed by atoms with van der Waals surface area (Å²) in [5.74, 6) is -0.0612. The average Bonchev–Trinajstić information content (AvgIpc) is 2.91. The summed E-state index contributed by atoms with van der Waals surface area (Å²) in [6.07, 6.45) is 4.76. The van der Waals surface area contributed by atoms with Crippen molar-refractivity contribution in [2.24, 2.45) is 28.6 Å². The topological polar surface area (TPSA) is 101 Å². The zero-order chi connectivity index (χ0) is 21.2. The molecule has 160 valence electrons. The quantitative estimate of drug-likeness (QED) is 0.701. The van der Waals surface area contributed by atoms with Gasteiger partial charge >= 0.3 is 5.97 Å². The molecule has 7 atom stereocenters. The number of carbonyl (C=O) groups is 3. The van der Waals surface area contributed by atoms with Gasteiger partial charge in [0, 0.05) is 31.1 Å². The van der Waals surface area contributed by atoms with E-state index in [1.165, 1.54) is 6.92 Å². The summed E-state index contributed by atoms with van der Waals surface area (Å²) in [6.45, 7) is 5.07. The molecule has 4 aliphatic rings. The summed E-state index contributed by atoms with van der Waals surface area (Å²) >= 11 is 0. The van der Waals surface area contributed by atoms with Crippen LogP contribution in [0.15, 0.2) is 11.6 Å². The van der Waals surface area contributed by atoms with E-state index in [0.717, 1.165) is 24.8 Å². The number of aliphatic hydroxyl groups is 2. The number of hydrogen-bond donors (Lipinski definition) is 2. The van der Waals surface area contributed by atoms with E-state index in [0.29, 0.717) is 19.3 Å². The van der Waals surface area contributed by atoms with Gasteiger partial charge in [-0.3, -0.25) is 14.4 Å². The third-order valence-corrected chi connectivity index (χ3v) is 8.87. The van der Waals surface area contributed by atoms with Crippen LogP contribution in [0.25, 0.3) is 0 Å². The summed E-state index contributed by atoms with van der Waals surface area (Å²) in [6, 6.07) is 0. The monoisotopic (exact) mass is 404 g/mol. The van der Waals surface area contributed by atoms with Crippen molar-refractivity contribution in [2.45, 2.75) is 77.4 Å². The second-order valence-electron chi connectivity index (χ2n) is 10.2. The smallest absolute Gasteiger partial charge is 0.302 e. The molecule has 0 aliphatic heterocycles. The number of aliphatic hydroxyl groups excluding tert-OH is 1. The number of allylic oxidation sites excluding steroid dienone is 1. The highest BCUT2D eigenvalue weighted by Crippen LogP contribution is 2.67. The van der Waals surface area contributed by atoms with Crippen molar-refractivity contribution in [1.29, 1.82) is 0 Å². The van der Waals surface area contributed by atoms with Gasteiger partial charge in [0.1, 0.15) is 18.5 Å². The second-order valence-corrected chi connectivity index (χ2v) is 10.2. The van der Waals surface area contributed by atoms with Gasteiger partial charge in [-0.25, -0.2) is 0 Å². The van der Waals surface area contributed by atoms with Crippen LogP contribution in [-0.2, 0) is 19.1 Å². The van der Waals surface area contributed by atoms with Crippen LogP contribution in [0.4, 0.5) is 0 Å². The molecular formula is C23H32O6. The Morgan fingerprint density at radius 1 is 1.24 bits per heavy atom. The highest BCUT2D eigenvalue weighted by molar-refractivity contribution is 5.93.